The monoisotopic (exact) mass is 308 g/mol. The van der Waals surface area contributed by atoms with Crippen LogP contribution in [0.4, 0.5) is 5.69 Å². The molecule has 7 heteroatoms. The molecule has 0 fully saturated rings. The Morgan fingerprint density at radius 2 is 2.10 bits per heavy atom. The number of nitrogens with one attached hydrogen (secondary N) is 3. The van der Waals surface area contributed by atoms with Gasteiger partial charge >= 0.3 is 0 Å². The first-order chi connectivity index (χ1) is 10.0. The maximum Gasteiger partial charge on any atom is 0.278 e. The lowest BCUT2D eigenvalue weighted by atomic mass is 10.1. The van der Waals surface area contributed by atoms with E-state index < -0.39 is 10.0 Å². The van der Waals surface area contributed by atoms with Crippen molar-refractivity contribution in [3.8, 4) is 0 Å². The van der Waals surface area contributed by atoms with E-state index in [0.717, 1.165) is 18.5 Å². The molecular formula is C14H20N4O2S. The van der Waals surface area contributed by atoms with Crippen LogP contribution in [0.1, 0.15) is 31.9 Å². The fourth-order valence-corrected chi connectivity index (χ4v) is 3.02. The van der Waals surface area contributed by atoms with E-state index >= 15 is 0 Å². The van der Waals surface area contributed by atoms with Gasteiger partial charge in [0.15, 0.2) is 5.03 Å². The summed E-state index contributed by atoms with van der Waals surface area (Å²) in [5, 5.41) is 3.40. The molecule has 0 bridgehead atoms. The summed E-state index contributed by atoms with van der Waals surface area (Å²) in [7, 11) is -3.64. The average Bonchev–Trinajstić information content (AvgIpc) is 3.00. The highest BCUT2D eigenvalue weighted by molar-refractivity contribution is 7.92. The normalized spacial score (nSPS) is 13.0. The second kappa shape index (κ2) is 6.73. The maximum atomic E-state index is 12.2. The van der Waals surface area contributed by atoms with Gasteiger partial charge in [-0.2, -0.15) is 8.42 Å². The van der Waals surface area contributed by atoms with Gasteiger partial charge in [0.1, 0.15) is 0 Å². The van der Waals surface area contributed by atoms with Crippen LogP contribution in [-0.4, -0.2) is 24.9 Å². The number of aromatic nitrogens is 2. The molecule has 114 valence electrons. The van der Waals surface area contributed by atoms with Crippen molar-refractivity contribution in [3.05, 3.63) is 42.4 Å². The highest BCUT2D eigenvalue weighted by atomic mass is 32.2. The quantitative estimate of drug-likeness (QED) is 0.732. The smallest absolute Gasteiger partial charge is 0.278 e. The SMILES string of the molecule is CCCNC(C)c1ccccc1NS(=O)(=O)c1cnc[nH]1. The molecule has 0 aliphatic heterocycles. The Hall–Kier alpha value is -1.86. The zero-order valence-corrected chi connectivity index (χ0v) is 12.9. The van der Waals surface area contributed by atoms with Gasteiger partial charge in [0, 0.05) is 6.04 Å². The van der Waals surface area contributed by atoms with E-state index in [1.54, 1.807) is 12.1 Å². The summed E-state index contributed by atoms with van der Waals surface area (Å²) in [6.07, 6.45) is 3.64. The van der Waals surface area contributed by atoms with Crippen LogP contribution in [0, 0.1) is 0 Å². The molecule has 0 radical (unpaired) electrons. The van der Waals surface area contributed by atoms with Crippen molar-refractivity contribution in [2.75, 3.05) is 11.3 Å². The molecule has 1 atom stereocenters. The van der Waals surface area contributed by atoms with Crippen molar-refractivity contribution in [2.45, 2.75) is 31.3 Å². The van der Waals surface area contributed by atoms with Crippen molar-refractivity contribution in [1.29, 1.82) is 0 Å². The second-order valence-electron chi connectivity index (χ2n) is 4.78. The molecule has 0 saturated heterocycles. The zero-order valence-electron chi connectivity index (χ0n) is 12.1. The van der Waals surface area contributed by atoms with E-state index in [0.29, 0.717) is 5.69 Å². The Bertz CT molecular complexity index is 668. The van der Waals surface area contributed by atoms with Crippen molar-refractivity contribution < 1.29 is 8.42 Å². The lowest BCUT2D eigenvalue weighted by molar-refractivity contribution is 0.571. The van der Waals surface area contributed by atoms with E-state index in [1.807, 2.05) is 19.1 Å². The molecule has 0 saturated carbocycles. The second-order valence-corrected chi connectivity index (χ2v) is 6.44. The summed E-state index contributed by atoms with van der Waals surface area (Å²) in [5.41, 5.74) is 1.48. The van der Waals surface area contributed by atoms with Gasteiger partial charge in [0.05, 0.1) is 18.2 Å². The number of hydrogen-bond acceptors (Lipinski definition) is 4. The third kappa shape index (κ3) is 3.83. The van der Waals surface area contributed by atoms with Crippen molar-refractivity contribution in [1.82, 2.24) is 15.3 Å². The molecule has 21 heavy (non-hydrogen) atoms. The van der Waals surface area contributed by atoms with Crippen molar-refractivity contribution in [2.24, 2.45) is 0 Å². The molecule has 0 amide bonds. The predicted octanol–water partition coefficient (Wildman–Crippen LogP) is 2.27. The summed E-state index contributed by atoms with van der Waals surface area (Å²) in [4.78, 5) is 6.34. The minimum Gasteiger partial charge on any atom is -0.334 e. The number of rotatable bonds is 7. The molecule has 1 aromatic heterocycles. The summed E-state index contributed by atoms with van der Waals surface area (Å²) in [6.45, 7) is 4.98. The van der Waals surface area contributed by atoms with Gasteiger partial charge < -0.3 is 10.3 Å². The Morgan fingerprint density at radius 1 is 1.33 bits per heavy atom. The number of nitrogens with zero attached hydrogens (tertiary/aromatic N) is 1. The summed E-state index contributed by atoms with van der Waals surface area (Å²) < 4.78 is 27.1. The van der Waals surface area contributed by atoms with Gasteiger partial charge in [-0.25, -0.2) is 4.98 Å². The molecule has 0 spiro atoms. The van der Waals surface area contributed by atoms with E-state index in [9.17, 15) is 8.42 Å². The number of sulfonamides is 1. The largest absolute Gasteiger partial charge is 0.334 e. The molecule has 6 nitrogen and oxygen atoms in total. The van der Waals surface area contributed by atoms with Crippen LogP contribution in [0.3, 0.4) is 0 Å². The fourth-order valence-electron chi connectivity index (χ4n) is 2.03. The summed E-state index contributed by atoms with van der Waals surface area (Å²) >= 11 is 0. The van der Waals surface area contributed by atoms with Gasteiger partial charge in [0.2, 0.25) is 0 Å². The number of imidazole rings is 1. The molecule has 1 heterocycles. The number of anilines is 1. The minimum atomic E-state index is -3.64. The molecular weight excluding hydrogens is 288 g/mol. The third-order valence-electron chi connectivity index (χ3n) is 3.13. The van der Waals surface area contributed by atoms with Crippen LogP contribution in [-0.2, 0) is 10.0 Å². The topological polar surface area (TPSA) is 86.9 Å². The molecule has 3 N–H and O–H groups in total. The van der Waals surface area contributed by atoms with Gasteiger partial charge in [0.25, 0.3) is 10.0 Å². The van der Waals surface area contributed by atoms with Crippen LogP contribution >= 0.6 is 0 Å². The number of benzene rings is 1. The Balaban J connectivity index is 2.25. The standard InChI is InChI=1S/C14H20N4O2S/c1-3-8-16-11(2)12-6-4-5-7-13(12)18-21(19,20)14-9-15-10-17-14/h4-7,9-11,16,18H,3,8H2,1-2H3,(H,15,17). The predicted molar refractivity (Wildman–Crippen MR) is 82.5 cm³/mol. The zero-order chi connectivity index (χ0) is 15.3. The Labute approximate surface area is 125 Å². The van der Waals surface area contributed by atoms with E-state index in [4.69, 9.17) is 0 Å². The van der Waals surface area contributed by atoms with Gasteiger partial charge in [-0.3, -0.25) is 4.72 Å². The van der Waals surface area contributed by atoms with Crippen LogP contribution in [0.5, 0.6) is 0 Å². The average molecular weight is 308 g/mol. The van der Waals surface area contributed by atoms with Gasteiger partial charge in [-0.1, -0.05) is 25.1 Å². The maximum absolute atomic E-state index is 12.2. The van der Waals surface area contributed by atoms with E-state index in [-0.39, 0.29) is 11.1 Å². The molecule has 2 rings (SSSR count). The first-order valence-electron chi connectivity index (χ1n) is 6.88. The van der Waals surface area contributed by atoms with Crippen LogP contribution in [0.2, 0.25) is 0 Å². The first kappa shape index (κ1) is 15.5. The van der Waals surface area contributed by atoms with Crippen LogP contribution < -0.4 is 10.0 Å². The van der Waals surface area contributed by atoms with E-state index in [1.165, 1.54) is 12.5 Å². The van der Waals surface area contributed by atoms with Crippen LogP contribution in [0.25, 0.3) is 0 Å². The minimum absolute atomic E-state index is 0.0477. The van der Waals surface area contributed by atoms with Gasteiger partial charge in [-0.15, -0.1) is 0 Å². The fraction of sp³-hybridized carbons (Fsp3) is 0.357. The summed E-state index contributed by atoms with van der Waals surface area (Å²) in [6, 6.07) is 7.44. The van der Waals surface area contributed by atoms with Gasteiger partial charge in [-0.05, 0) is 31.5 Å². The highest BCUT2D eigenvalue weighted by Gasteiger charge is 2.18. The number of H-pyrrole nitrogens is 1. The molecule has 0 aliphatic carbocycles. The highest BCUT2D eigenvalue weighted by Crippen LogP contribution is 2.24. The first-order valence-corrected chi connectivity index (χ1v) is 8.36. The third-order valence-corrected chi connectivity index (χ3v) is 4.43. The van der Waals surface area contributed by atoms with Crippen molar-refractivity contribution in [3.63, 3.8) is 0 Å². The number of hydrogen-bond donors (Lipinski definition) is 3. The summed E-state index contributed by atoms with van der Waals surface area (Å²) in [5.74, 6) is 0. The molecule has 1 unspecified atom stereocenters. The molecule has 0 aliphatic rings. The lowest BCUT2D eigenvalue weighted by Crippen LogP contribution is -2.22. The van der Waals surface area contributed by atoms with Crippen LogP contribution in [0.15, 0.2) is 41.8 Å². The number of aromatic amines is 1. The Morgan fingerprint density at radius 3 is 2.76 bits per heavy atom. The number of para-hydroxylation sites is 1. The van der Waals surface area contributed by atoms with Crippen molar-refractivity contribution >= 4 is 15.7 Å². The lowest BCUT2D eigenvalue weighted by Gasteiger charge is -2.18. The van der Waals surface area contributed by atoms with E-state index in [2.05, 4.69) is 26.9 Å². The molecule has 1 aromatic carbocycles. The Kier molecular flexibility index (Phi) is 4.98. The molecule has 2 aromatic rings.